The monoisotopic (exact) mass is 299 g/mol. The van der Waals surface area contributed by atoms with Crippen LogP contribution in [0.4, 0.5) is 4.39 Å². The van der Waals surface area contributed by atoms with Crippen molar-refractivity contribution in [1.82, 2.24) is 5.32 Å². The summed E-state index contributed by atoms with van der Waals surface area (Å²) >= 11 is 0. The van der Waals surface area contributed by atoms with Gasteiger partial charge in [0, 0.05) is 6.54 Å². The second-order valence-electron chi connectivity index (χ2n) is 4.99. The molecule has 0 heterocycles. The second kappa shape index (κ2) is 7.03. The molecule has 1 amide bonds. The molecule has 0 saturated heterocycles. The number of carboxylic acid groups (broad SMARTS) is 1. The van der Waals surface area contributed by atoms with E-state index in [0.717, 1.165) is 0 Å². The third-order valence-electron chi connectivity index (χ3n) is 2.78. The van der Waals surface area contributed by atoms with Crippen LogP contribution in [0, 0.1) is 5.82 Å². The van der Waals surface area contributed by atoms with Gasteiger partial charge in [0.25, 0.3) is 0 Å². The van der Waals surface area contributed by atoms with Gasteiger partial charge < -0.3 is 20.3 Å². The molecular formula is C14H18FNO5. The van der Waals surface area contributed by atoms with Gasteiger partial charge in [0.2, 0.25) is 5.91 Å². The molecule has 3 N–H and O–H groups in total. The van der Waals surface area contributed by atoms with E-state index in [4.69, 9.17) is 9.84 Å². The van der Waals surface area contributed by atoms with Crippen molar-refractivity contribution in [2.75, 3.05) is 13.7 Å². The summed E-state index contributed by atoms with van der Waals surface area (Å²) in [4.78, 5) is 22.2. The lowest BCUT2D eigenvalue weighted by molar-refractivity contribution is -0.142. The van der Waals surface area contributed by atoms with E-state index >= 15 is 0 Å². The first-order chi connectivity index (χ1) is 9.73. The molecule has 0 bridgehead atoms. The maximum absolute atomic E-state index is 13.5. The van der Waals surface area contributed by atoms with Crippen molar-refractivity contribution < 1.29 is 28.9 Å². The van der Waals surface area contributed by atoms with E-state index in [1.54, 1.807) is 6.07 Å². The maximum Gasteiger partial charge on any atom is 0.306 e. The quantitative estimate of drug-likeness (QED) is 0.689. The largest absolute Gasteiger partial charge is 0.494 e. The summed E-state index contributed by atoms with van der Waals surface area (Å²) in [6, 6.07) is 4.16. The third-order valence-corrected chi connectivity index (χ3v) is 2.78. The molecule has 1 unspecified atom stereocenters. The zero-order chi connectivity index (χ0) is 16.0. The van der Waals surface area contributed by atoms with Crippen molar-refractivity contribution in [3.05, 3.63) is 29.6 Å². The summed E-state index contributed by atoms with van der Waals surface area (Å²) in [5.41, 5.74) is -1.09. The van der Waals surface area contributed by atoms with Crippen molar-refractivity contribution in [3.8, 4) is 5.75 Å². The average Bonchev–Trinajstić information content (AvgIpc) is 2.35. The van der Waals surface area contributed by atoms with Crippen LogP contribution in [-0.2, 0) is 16.0 Å². The molecule has 7 heteroatoms. The Hall–Kier alpha value is -2.15. The van der Waals surface area contributed by atoms with E-state index in [2.05, 4.69) is 5.32 Å². The highest BCUT2D eigenvalue weighted by Crippen LogP contribution is 2.18. The summed E-state index contributed by atoms with van der Waals surface area (Å²) in [7, 11) is 1.34. The average molecular weight is 299 g/mol. The Balaban J connectivity index is 2.54. The van der Waals surface area contributed by atoms with E-state index in [1.165, 1.54) is 26.2 Å². The fourth-order valence-electron chi connectivity index (χ4n) is 1.75. The Bertz CT molecular complexity index is 530. The zero-order valence-corrected chi connectivity index (χ0v) is 11.9. The van der Waals surface area contributed by atoms with Crippen molar-refractivity contribution in [3.63, 3.8) is 0 Å². The highest BCUT2D eigenvalue weighted by molar-refractivity contribution is 5.78. The molecule has 1 aromatic rings. The summed E-state index contributed by atoms with van der Waals surface area (Å²) in [6.45, 7) is 1.12. The first kappa shape index (κ1) is 16.9. The molecule has 0 radical (unpaired) electrons. The van der Waals surface area contributed by atoms with E-state index < -0.39 is 29.7 Å². The minimum absolute atomic E-state index is 0.0793. The molecule has 0 aliphatic rings. The summed E-state index contributed by atoms with van der Waals surface area (Å²) in [5.74, 6) is -2.08. The lowest BCUT2D eigenvalue weighted by Crippen LogP contribution is -2.42. The molecule has 0 aliphatic heterocycles. The molecule has 1 atom stereocenters. The van der Waals surface area contributed by atoms with Crippen molar-refractivity contribution in [2.24, 2.45) is 0 Å². The van der Waals surface area contributed by atoms with Crippen LogP contribution in [0.1, 0.15) is 18.9 Å². The van der Waals surface area contributed by atoms with E-state index in [1.807, 2.05) is 0 Å². The van der Waals surface area contributed by atoms with Crippen molar-refractivity contribution in [1.29, 1.82) is 0 Å². The first-order valence-corrected chi connectivity index (χ1v) is 6.27. The number of rotatable bonds is 7. The van der Waals surface area contributed by atoms with Crippen LogP contribution in [0.5, 0.6) is 5.75 Å². The lowest BCUT2D eigenvalue weighted by Gasteiger charge is -2.21. The van der Waals surface area contributed by atoms with Crippen LogP contribution in [0.25, 0.3) is 0 Å². The number of amides is 1. The van der Waals surface area contributed by atoms with Gasteiger partial charge in [-0.25, -0.2) is 4.39 Å². The fraction of sp³-hybridized carbons (Fsp3) is 0.429. The van der Waals surface area contributed by atoms with Gasteiger partial charge in [-0.05, 0) is 24.6 Å². The minimum atomic E-state index is -1.54. The van der Waals surface area contributed by atoms with Crippen LogP contribution in [-0.4, -0.2) is 41.3 Å². The number of benzene rings is 1. The normalized spacial score (nSPS) is 13.3. The standard InChI is InChI=1S/C14H18FNO5/c1-14(20,7-13(18)19)8-16-12(17)6-9-3-4-11(21-2)10(15)5-9/h3-5,20H,6-8H2,1-2H3,(H,16,17)(H,18,19). The van der Waals surface area contributed by atoms with Crippen molar-refractivity contribution in [2.45, 2.75) is 25.4 Å². The fourth-order valence-corrected chi connectivity index (χ4v) is 1.75. The number of halogens is 1. The molecule has 0 aliphatic carbocycles. The summed E-state index contributed by atoms with van der Waals surface area (Å²) in [6.07, 6.45) is -0.561. The van der Waals surface area contributed by atoms with Gasteiger partial charge in [-0.15, -0.1) is 0 Å². The van der Waals surface area contributed by atoms with E-state index in [-0.39, 0.29) is 18.7 Å². The highest BCUT2D eigenvalue weighted by Gasteiger charge is 2.24. The highest BCUT2D eigenvalue weighted by atomic mass is 19.1. The number of methoxy groups -OCH3 is 1. The topological polar surface area (TPSA) is 95.9 Å². The van der Waals surface area contributed by atoms with Gasteiger partial charge in [0.05, 0.1) is 25.6 Å². The Morgan fingerprint density at radius 2 is 2.10 bits per heavy atom. The molecular weight excluding hydrogens is 281 g/mol. The van der Waals surface area contributed by atoms with Crippen LogP contribution in [0.15, 0.2) is 18.2 Å². The van der Waals surface area contributed by atoms with E-state index in [0.29, 0.717) is 5.56 Å². The molecule has 116 valence electrons. The number of ether oxygens (including phenoxy) is 1. The molecule has 1 aromatic carbocycles. The molecule has 0 aromatic heterocycles. The second-order valence-corrected chi connectivity index (χ2v) is 4.99. The van der Waals surface area contributed by atoms with Crippen LogP contribution >= 0.6 is 0 Å². The number of aliphatic hydroxyl groups is 1. The SMILES string of the molecule is COc1ccc(CC(=O)NCC(C)(O)CC(=O)O)cc1F. The van der Waals surface area contributed by atoms with E-state index in [9.17, 15) is 19.1 Å². The smallest absolute Gasteiger partial charge is 0.306 e. The molecule has 0 saturated carbocycles. The van der Waals surface area contributed by atoms with Gasteiger partial charge in [-0.1, -0.05) is 6.07 Å². The van der Waals surface area contributed by atoms with Gasteiger partial charge in [-0.2, -0.15) is 0 Å². The van der Waals surface area contributed by atoms with Crippen LogP contribution in [0.3, 0.4) is 0 Å². The Morgan fingerprint density at radius 3 is 2.62 bits per heavy atom. The number of hydrogen-bond donors (Lipinski definition) is 3. The number of nitrogens with one attached hydrogen (secondary N) is 1. The molecule has 0 fully saturated rings. The number of hydrogen-bond acceptors (Lipinski definition) is 4. The predicted octanol–water partition coefficient (Wildman–Crippen LogP) is 0.719. The van der Waals surface area contributed by atoms with Gasteiger partial charge in [0.1, 0.15) is 0 Å². The number of carbonyl (C=O) groups is 2. The lowest BCUT2D eigenvalue weighted by atomic mass is 10.0. The predicted molar refractivity (Wildman–Crippen MR) is 72.5 cm³/mol. The molecule has 6 nitrogen and oxygen atoms in total. The summed E-state index contributed by atoms with van der Waals surface area (Å²) < 4.78 is 18.2. The third kappa shape index (κ3) is 5.78. The number of carboxylic acids is 1. The van der Waals surface area contributed by atoms with Gasteiger partial charge in [0.15, 0.2) is 11.6 Å². The Morgan fingerprint density at radius 1 is 1.43 bits per heavy atom. The Kier molecular flexibility index (Phi) is 5.66. The molecule has 1 rings (SSSR count). The van der Waals surface area contributed by atoms with Crippen LogP contribution in [0.2, 0.25) is 0 Å². The van der Waals surface area contributed by atoms with Crippen molar-refractivity contribution >= 4 is 11.9 Å². The van der Waals surface area contributed by atoms with Crippen LogP contribution < -0.4 is 10.1 Å². The first-order valence-electron chi connectivity index (χ1n) is 6.27. The van der Waals surface area contributed by atoms with Gasteiger partial charge >= 0.3 is 5.97 Å². The maximum atomic E-state index is 13.5. The molecule has 21 heavy (non-hydrogen) atoms. The molecule has 0 spiro atoms. The minimum Gasteiger partial charge on any atom is -0.494 e. The number of aliphatic carboxylic acids is 1. The zero-order valence-electron chi connectivity index (χ0n) is 11.9. The summed E-state index contributed by atoms with van der Waals surface area (Å²) in [5, 5.41) is 20.8. The van der Waals surface area contributed by atoms with Gasteiger partial charge in [-0.3, -0.25) is 9.59 Å². The Labute approximate surface area is 121 Å². The number of carbonyl (C=O) groups excluding carboxylic acids is 1.